The highest BCUT2D eigenvalue weighted by atomic mass is 35.5. The summed E-state index contributed by atoms with van der Waals surface area (Å²) in [5.74, 6) is 3.02. The number of rotatable bonds is 7. The Morgan fingerprint density at radius 3 is 2.75 bits per heavy atom. The minimum atomic E-state index is -0.527. The minimum absolute atomic E-state index is 0.125. The third-order valence-electron chi connectivity index (χ3n) is 5.94. The molecule has 3 heterocycles. The lowest BCUT2D eigenvalue weighted by atomic mass is 10.2. The monoisotopic (exact) mass is 511 g/mol. The first-order chi connectivity index (χ1) is 17.2. The summed E-state index contributed by atoms with van der Waals surface area (Å²) in [6.07, 6.45) is 5.82. The second-order valence-electron chi connectivity index (χ2n) is 10.2. The summed E-state index contributed by atoms with van der Waals surface area (Å²) in [4.78, 5) is 27.2. The largest absolute Gasteiger partial charge is 0.490 e. The van der Waals surface area contributed by atoms with Crippen molar-refractivity contribution in [2.75, 3.05) is 25.0 Å². The molecule has 0 spiro atoms. The molecule has 1 aliphatic heterocycles. The van der Waals surface area contributed by atoms with Crippen molar-refractivity contribution in [2.45, 2.75) is 51.7 Å². The zero-order valence-corrected chi connectivity index (χ0v) is 21.4. The van der Waals surface area contributed by atoms with E-state index < -0.39 is 5.60 Å². The van der Waals surface area contributed by atoms with E-state index in [1.165, 1.54) is 19.2 Å². The van der Waals surface area contributed by atoms with Crippen LogP contribution in [0.1, 0.15) is 40.0 Å². The molecular weight excluding hydrogens is 482 g/mol. The van der Waals surface area contributed by atoms with Gasteiger partial charge in [-0.25, -0.2) is 19.7 Å². The van der Waals surface area contributed by atoms with Crippen LogP contribution in [0, 0.1) is 5.92 Å². The molecule has 36 heavy (non-hydrogen) atoms. The van der Waals surface area contributed by atoms with Crippen molar-refractivity contribution in [3.63, 3.8) is 0 Å². The van der Waals surface area contributed by atoms with Crippen molar-refractivity contribution >= 4 is 40.2 Å². The van der Waals surface area contributed by atoms with E-state index in [4.69, 9.17) is 25.8 Å². The zero-order chi connectivity index (χ0) is 25.3. The fourth-order valence-corrected chi connectivity index (χ4v) is 4.13. The van der Waals surface area contributed by atoms with Gasteiger partial charge in [-0.1, -0.05) is 11.6 Å². The average Bonchev–Trinajstić information content (AvgIpc) is 3.53. The Morgan fingerprint density at radius 2 is 2.00 bits per heavy atom. The van der Waals surface area contributed by atoms with Gasteiger partial charge < -0.3 is 24.4 Å². The van der Waals surface area contributed by atoms with Crippen LogP contribution < -0.4 is 14.8 Å². The van der Waals surface area contributed by atoms with E-state index in [1.54, 1.807) is 17.2 Å². The van der Waals surface area contributed by atoms with E-state index >= 15 is 0 Å². The number of halogens is 1. The first kappa shape index (κ1) is 24.4. The summed E-state index contributed by atoms with van der Waals surface area (Å²) in [6, 6.07) is 7.37. The van der Waals surface area contributed by atoms with Crippen LogP contribution in [0.25, 0.3) is 10.9 Å². The molecule has 1 amide bonds. The lowest BCUT2D eigenvalue weighted by Gasteiger charge is -2.24. The molecule has 1 aliphatic carbocycles. The molecule has 5 rings (SSSR count). The molecule has 190 valence electrons. The second kappa shape index (κ2) is 9.97. The van der Waals surface area contributed by atoms with Gasteiger partial charge in [0.15, 0.2) is 5.75 Å². The Morgan fingerprint density at radius 1 is 1.17 bits per heavy atom. The highest BCUT2D eigenvalue weighted by Gasteiger charge is 2.31. The molecule has 0 radical (unpaired) electrons. The molecule has 1 saturated heterocycles. The Balaban J connectivity index is 1.27. The standard InChI is InChI=1S/C26H30ClN5O4/c1-26(2,3)36-25(33)32-9-8-18(13-32)35-17-6-7-21-19(10-17)24(30-15-29-21)31-23-11-20(27)22(12-28-23)34-14-16-4-5-16/h6-7,10-12,15-16,18H,4-5,8-9,13-14H2,1-3H3,(H,28,29,30,31)/t18-/m0/s1. The molecule has 1 aromatic carbocycles. The van der Waals surface area contributed by atoms with Crippen molar-refractivity contribution in [3.8, 4) is 11.5 Å². The third-order valence-corrected chi connectivity index (χ3v) is 6.24. The van der Waals surface area contributed by atoms with Crippen molar-refractivity contribution in [1.29, 1.82) is 0 Å². The molecule has 2 aliphatic rings. The Bertz CT molecular complexity index is 1260. The van der Waals surface area contributed by atoms with Crippen LogP contribution >= 0.6 is 11.6 Å². The van der Waals surface area contributed by atoms with Crippen molar-refractivity contribution in [2.24, 2.45) is 5.92 Å². The van der Waals surface area contributed by atoms with E-state index in [0.29, 0.717) is 53.8 Å². The lowest BCUT2D eigenvalue weighted by molar-refractivity contribution is 0.0275. The molecule has 9 nitrogen and oxygen atoms in total. The van der Waals surface area contributed by atoms with Gasteiger partial charge in [-0.2, -0.15) is 0 Å². The van der Waals surface area contributed by atoms with Crippen molar-refractivity contribution in [3.05, 3.63) is 41.8 Å². The molecule has 3 aromatic rings. The van der Waals surface area contributed by atoms with Gasteiger partial charge in [0.05, 0.1) is 29.9 Å². The molecule has 1 N–H and O–H groups in total. The summed E-state index contributed by atoms with van der Waals surface area (Å²) in [6.45, 7) is 7.32. The second-order valence-corrected chi connectivity index (χ2v) is 10.6. The number of pyridine rings is 1. The van der Waals surface area contributed by atoms with Crippen molar-refractivity contribution < 1.29 is 19.0 Å². The maximum absolute atomic E-state index is 12.4. The lowest BCUT2D eigenvalue weighted by Crippen LogP contribution is -2.36. The van der Waals surface area contributed by atoms with Gasteiger partial charge in [-0.05, 0) is 57.7 Å². The molecule has 2 fully saturated rings. The van der Waals surface area contributed by atoms with E-state index in [9.17, 15) is 4.79 Å². The zero-order valence-electron chi connectivity index (χ0n) is 20.7. The maximum atomic E-state index is 12.4. The van der Waals surface area contributed by atoms with Gasteiger partial charge in [-0.3, -0.25) is 0 Å². The van der Waals surface area contributed by atoms with E-state index in [0.717, 1.165) is 17.3 Å². The van der Waals surface area contributed by atoms with Crippen LogP contribution in [-0.2, 0) is 4.74 Å². The number of anilines is 2. The van der Waals surface area contributed by atoms with Gasteiger partial charge >= 0.3 is 6.09 Å². The Kier molecular flexibility index (Phi) is 6.75. The van der Waals surface area contributed by atoms with Gasteiger partial charge in [0, 0.05) is 24.4 Å². The van der Waals surface area contributed by atoms with Crippen molar-refractivity contribution in [1.82, 2.24) is 19.9 Å². The summed E-state index contributed by atoms with van der Waals surface area (Å²) in [7, 11) is 0. The predicted molar refractivity (Wildman–Crippen MR) is 137 cm³/mol. The summed E-state index contributed by atoms with van der Waals surface area (Å²) in [5.41, 5.74) is 0.234. The third kappa shape index (κ3) is 6.07. The number of carbonyl (C=O) groups excluding carboxylic acids is 1. The summed E-state index contributed by atoms with van der Waals surface area (Å²) < 4.78 is 17.4. The number of nitrogens with zero attached hydrogens (tertiary/aromatic N) is 4. The van der Waals surface area contributed by atoms with E-state index in [2.05, 4.69) is 20.3 Å². The van der Waals surface area contributed by atoms with E-state index in [-0.39, 0.29) is 12.2 Å². The van der Waals surface area contributed by atoms with Crippen LogP contribution in [0.4, 0.5) is 16.4 Å². The Hall–Kier alpha value is -3.33. The highest BCUT2D eigenvalue weighted by Crippen LogP contribution is 2.33. The molecule has 2 aromatic heterocycles. The van der Waals surface area contributed by atoms with Gasteiger partial charge in [-0.15, -0.1) is 0 Å². The molecule has 0 unspecified atom stereocenters. The van der Waals surface area contributed by atoms with Gasteiger partial charge in [0.1, 0.15) is 35.4 Å². The SMILES string of the molecule is CC(C)(C)OC(=O)N1CC[C@H](Oc2ccc3ncnc(Nc4cc(Cl)c(OCC5CC5)cn4)c3c2)C1. The van der Waals surface area contributed by atoms with Gasteiger partial charge in [0.25, 0.3) is 0 Å². The number of aromatic nitrogens is 3. The molecule has 1 atom stereocenters. The molecule has 10 heteroatoms. The van der Waals surface area contributed by atoms with Gasteiger partial charge in [0.2, 0.25) is 0 Å². The minimum Gasteiger partial charge on any atom is -0.490 e. The topological polar surface area (TPSA) is 98.7 Å². The number of fused-ring (bicyclic) bond motifs is 1. The maximum Gasteiger partial charge on any atom is 0.410 e. The normalized spacial score (nSPS) is 17.8. The number of ether oxygens (including phenoxy) is 3. The Labute approximate surface area is 215 Å². The highest BCUT2D eigenvalue weighted by molar-refractivity contribution is 6.32. The van der Waals surface area contributed by atoms with Crippen LogP contribution in [0.15, 0.2) is 36.8 Å². The number of hydrogen-bond donors (Lipinski definition) is 1. The summed E-state index contributed by atoms with van der Waals surface area (Å²) in [5, 5.41) is 4.50. The smallest absolute Gasteiger partial charge is 0.410 e. The average molecular weight is 512 g/mol. The van der Waals surface area contributed by atoms with Crippen LogP contribution in [0.2, 0.25) is 5.02 Å². The number of likely N-dealkylation sites (tertiary alicyclic amines) is 1. The quantitative estimate of drug-likeness (QED) is 0.437. The molecular formula is C26H30ClN5O4. The van der Waals surface area contributed by atoms with Crippen LogP contribution in [0.5, 0.6) is 11.5 Å². The number of nitrogens with one attached hydrogen (secondary N) is 1. The molecule has 1 saturated carbocycles. The predicted octanol–water partition coefficient (Wildman–Crippen LogP) is 5.60. The fraction of sp³-hybridized carbons (Fsp3) is 0.462. The van der Waals surface area contributed by atoms with Crippen LogP contribution in [-0.4, -0.2) is 57.3 Å². The number of hydrogen-bond acceptors (Lipinski definition) is 8. The number of amides is 1. The number of benzene rings is 1. The summed E-state index contributed by atoms with van der Waals surface area (Å²) >= 11 is 6.41. The first-order valence-electron chi connectivity index (χ1n) is 12.2. The van der Waals surface area contributed by atoms with Crippen LogP contribution in [0.3, 0.4) is 0 Å². The van der Waals surface area contributed by atoms with E-state index in [1.807, 2.05) is 39.0 Å². The number of carbonyl (C=O) groups is 1. The molecule has 0 bridgehead atoms. The fourth-order valence-electron chi connectivity index (χ4n) is 3.92. The first-order valence-corrected chi connectivity index (χ1v) is 12.6.